The molecule has 0 bridgehead atoms. The SMILES string of the molecule is C[N+](C)([B-]C#N)CCCCCCCCCCCC[N+](C)(C)[B-]C#N. The van der Waals surface area contributed by atoms with E-state index in [0.29, 0.717) is 8.79 Å². The standard InChI is InChI=1S/C18H36B2N4/c1-23(2,19-17-21)15-13-11-9-7-5-6-8-10-12-14-16-24(3,4)20-18-22/h5-16H2,1-4H3. The first-order valence-corrected chi connectivity index (χ1v) is 9.46. The van der Waals surface area contributed by atoms with Crippen LogP contribution in [0.25, 0.3) is 0 Å². The Balaban J connectivity index is 3.32. The Morgan fingerprint density at radius 2 is 0.792 bits per heavy atom. The fourth-order valence-electron chi connectivity index (χ4n) is 2.89. The van der Waals surface area contributed by atoms with Crippen molar-refractivity contribution in [3.63, 3.8) is 0 Å². The zero-order valence-electron chi connectivity index (χ0n) is 16.4. The molecule has 0 saturated carbocycles. The van der Waals surface area contributed by atoms with Gasteiger partial charge in [0.2, 0.25) is 0 Å². The molecule has 0 aromatic rings. The Morgan fingerprint density at radius 1 is 0.542 bits per heavy atom. The highest BCUT2D eigenvalue weighted by Gasteiger charge is 2.04. The summed E-state index contributed by atoms with van der Waals surface area (Å²) in [4.78, 5) is 0. The second kappa shape index (κ2) is 13.3. The van der Waals surface area contributed by atoms with Gasteiger partial charge in [0.15, 0.2) is 0 Å². The van der Waals surface area contributed by atoms with Gasteiger partial charge in [-0.2, -0.15) is 0 Å². The molecule has 6 heteroatoms. The molecule has 4 nitrogen and oxygen atoms in total. The van der Waals surface area contributed by atoms with Crippen LogP contribution in [-0.2, 0) is 0 Å². The van der Waals surface area contributed by atoms with Gasteiger partial charge < -0.3 is 8.79 Å². The summed E-state index contributed by atoms with van der Waals surface area (Å²) in [7, 11) is 11.8. The fourth-order valence-corrected chi connectivity index (χ4v) is 2.89. The Kier molecular flexibility index (Phi) is 12.8. The molecule has 24 heavy (non-hydrogen) atoms. The van der Waals surface area contributed by atoms with Gasteiger partial charge in [-0.1, -0.05) is 38.5 Å². The van der Waals surface area contributed by atoms with Crippen LogP contribution in [0.5, 0.6) is 0 Å². The number of quaternary nitrogens is 2. The molecule has 134 valence electrons. The van der Waals surface area contributed by atoms with Crippen molar-refractivity contribution in [1.29, 1.82) is 10.5 Å². The minimum Gasteiger partial charge on any atom is -0.553 e. The van der Waals surface area contributed by atoms with Gasteiger partial charge in [0, 0.05) is 41.3 Å². The van der Waals surface area contributed by atoms with E-state index in [-0.39, 0.29) is 0 Å². The lowest BCUT2D eigenvalue weighted by molar-refractivity contribution is -0.777. The van der Waals surface area contributed by atoms with Crippen LogP contribution in [0, 0.1) is 22.5 Å². The second-order valence-corrected chi connectivity index (χ2v) is 8.06. The quantitative estimate of drug-likeness (QED) is 0.342. The molecule has 0 heterocycles. The molecule has 0 rings (SSSR count). The van der Waals surface area contributed by atoms with Crippen LogP contribution in [0.15, 0.2) is 0 Å². The van der Waals surface area contributed by atoms with E-state index in [9.17, 15) is 0 Å². The highest BCUT2D eigenvalue weighted by Crippen LogP contribution is 2.12. The fraction of sp³-hybridized carbons (Fsp3) is 0.889. The zero-order chi connectivity index (χ0) is 18.3. The average molecular weight is 330 g/mol. The molecule has 0 aromatic heterocycles. The van der Waals surface area contributed by atoms with Crippen molar-refractivity contribution in [3.05, 3.63) is 0 Å². The predicted molar refractivity (Wildman–Crippen MR) is 103 cm³/mol. The van der Waals surface area contributed by atoms with Crippen LogP contribution in [0.4, 0.5) is 0 Å². The van der Waals surface area contributed by atoms with Crippen LogP contribution in [-0.4, -0.2) is 64.9 Å². The van der Waals surface area contributed by atoms with Crippen LogP contribution < -0.4 is 0 Å². The molecule has 0 unspecified atom stereocenters. The molecular formula is C18H36B2N4. The molecule has 0 aliphatic heterocycles. The maximum Gasteiger partial charge on any atom is 0.126 e. The van der Waals surface area contributed by atoms with Gasteiger partial charge >= 0.3 is 0 Å². The Labute approximate surface area is 152 Å². The second-order valence-electron chi connectivity index (χ2n) is 8.06. The van der Waals surface area contributed by atoms with Crippen LogP contribution in [0.3, 0.4) is 0 Å². The van der Waals surface area contributed by atoms with Crippen LogP contribution >= 0.6 is 0 Å². The van der Waals surface area contributed by atoms with Crippen molar-refractivity contribution in [1.82, 2.24) is 0 Å². The van der Waals surface area contributed by atoms with E-state index in [1.807, 2.05) is 0 Å². The minimum absolute atomic E-state index is 0.706. The van der Waals surface area contributed by atoms with Gasteiger partial charge in [-0.15, -0.1) is 11.9 Å². The lowest BCUT2D eigenvalue weighted by Gasteiger charge is -2.40. The van der Waals surface area contributed by atoms with Crippen molar-refractivity contribution in [2.75, 3.05) is 41.3 Å². The normalized spacial score (nSPS) is 11.9. The third-order valence-electron chi connectivity index (χ3n) is 4.53. The smallest absolute Gasteiger partial charge is 0.126 e. The summed E-state index contributed by atoms with van der Waals surface area (Å²) in [5.41, 5.74) is 0. The van der Waals surface area contributed by atoms with E-state index in [2.05, 4.69) is 40.1 Å². The van der Waals surface area contributed by atoms with E-state index in [4.69, 9.17) is 10.5 Å². The lowest BCUT2D eigenvalue weighted by atomic mass is 9.91. The topological polar surface area (TPSA) is 47.6 Å². The van der Waals surface area contributed by atoms with Crippen molar-refractivity contribution in [2.45, 2.75) is 64.2 Å². The monoisotopic (exact) mass is 330 g/mol. The van der Waals surface area contributed by atoms with E-state index in [1.165, 1.54) is 64.2 Å². The van der Waals surface area contributed by atoms with E-state index >= 15 is 0 Å². The molecular weight excluding hydrogens is 294 g/mol. The number of hydrogen-bond donors (Lipinski definition) is 0. The van der Waals surface area contributed by atoms with Crippen molar-refractivity contribution >= 4 is 14.8 Å². The minimum atomic E-state index is 0.706. The van der Waals surface area contributed by atoms with E-state index < -0.39 is 0 Å². The van der Waals surface area contributed by atoms with Gasteiger partial charge in [-0.3, -0.25) is 0 Å². The molecule has 0 N–H and O–H groups in total. The third kappa shape index (κ3) is 14.6. The molecule has 0 aliphatic carbocycles. The number of nitrogens with zero attached hydrogens (tertiary/aromatic N) is 4. The average Bonchev–Trinajstić information content (AvgIpc) is 2.48. The molecule has 0 fully saturated rings. The van der Waals surface area contributed by atoms with Gasteiger partial charge in [0.1, 0.15) is 14.8 Å². The summed E-state index contributed by atoms with van der Waals surface area (Å²) < 4.78 is 1.41. The zero-order valence-corrected chi connectivity index (χ0v) is 16.4. The van der Waals surface area contributed by atoms with Crippen molar-refractivity contribution in [3.8, 4) is 11.9 Å². The van der Waals surface area contributed by atoms with Gasteiger partial charge in [0.05, 0.1) is 0 Å². The summed E-state index contributed by atoms with van der Waals surface area (Å²) in [5.74, 6) is 4.28. The van der Waals surface area contributed by atoms with Crippen LogP contribution in [0.1, 0.15) is 64.2 Å². The lowest BCUT2D eigenvalue weighted by Crippen LogP contribution is -2.43. The van der Waals surface area contributed by atoms with E-state index in [1.54, 1.807) is 14.8 Å². The summed E-state index contributed by atoms with van der Waals surface area (Å²) in [6.45, 7) is 2.12. The summed E-state index contributed by atoms with van der Waals surface area (Å²) in [5, 5.41) is 17.4. The Morgan fingerprint density at radius 3 is 1.04 bits per heavy atom. The predicted octanol–water partition coefficient (Wildman–Crippen LogP) is 3.24. The first-order valence-electron chi connectivity index (χ1n) is 9.46. The maximum absolute atomic E-state index is 8.71. The molecule has 0 atom stereocenters. The number of nitriles is 2. The first-order chi connectivity index (χ1) is 11.3. The largest absolute Gasteiger partial charge is 0.553 e. The molecule has 0 amide bonds. The molecule has 0 aromatic carbocycles. The molecule has 0 aliphatic rings. The highest BCUT2D eigenvalue weighted by molar-refractivity contribution is 6.36. The highest BCUT2D eigenvalue weighted by atomic mass is 15.2. The first kappa shape index (κ1) is 23.0. The molecule has 0 spiro atoms. The van der Waals surface area contributed by atoms with Gasteiger partial charge in [-0.05, 0) is 25.7 Å². The van der Waals surface area contributed by atoms with Gasteiger partial charge in [0.25, 0.3) is 0 Å². The Bertz CT molecular complexity index is 359. The van der Waals surface area contributed by atoms with Crippen molar-refractivity contribution in [2.24, 2.45) is 0 Å². The number of rotatable bonds is 15. The number of hydrogen-bond acceptors (Lipinski definition) is 2. The van der Waals surface area contributed by atoms with E-state index in [0.717, 1.165) is 13.1 Å². The third-order valence-corrected chi connectivity index (χ3v) is 4.53. The summed E-state index contributed by atoms with van der Waals surface area (Å²) >= 11 is 0. The van der Waals surface area contributed by atoms with Crippen molar-refractivity contribution < 1.29 is 8.79 Å². The summed E-state index contributed by atoms with van der Waals surface area (Å²) in [6, 6.07) is 0. The molecule has 4 radical (unpaired) electrons. The van der Waals surface area contributed by atoms with Crippen LogP contribution in [0.2, 0.25) is 0 Å². The molecule has 0 saturated heterocycles. The van der Waals surface area contributed by atoms with Gasteiger partial charge in [-0.25, -0.2) is 10.5 Å². The summed E-state index contributed by atoms with van der Waals surface area (Å²) in [6.07, 6.45) is 13.0. The maximum atomic E-state index is 8.71. The Hall–Kier alpha value is -0.970. The number of unbranched alkanes of at least 4 members (excludes halogenated alkanes) is 9.